The summed E-state index contributed by atoms with van der Waals surface area (Å²) in [5, 5.41) is 4.95. The van der Waals surface area contributed by atoms with Gasteiger partial charge in [-0.25, -0.2) is 0 Å². The Morgan fingerprint density at radius 3 is 2.69 bits per heavy atom. The second kappa shape index (κ2) is 6.12. The van der Waals surface area contributed by atoms with Crippen LogP contribution in [-0.4, -0.2) is 24.1 Å². The Balaban J connectivity index is 1.80. The minimum absolute atomic E-state index is 0.0320. The van der Waals surface area contributed by atoms with Gasteiger partial charge in [0.25, 0.3) is 0 Å². The van der Waals surface area contributed by atoms with Gasteiger partial charge in [0.15, 0.2) is 0 Å². The first kappa shape index (κ1) is 17.6. The molecule has 26 heavy (non-hydrogen) atoms. The highest BCUT2D eigenvalue weighted by Gasteiger charge is 2.53. The average molecular weight is 354 g/mol. The van der Waals surface area contributed by atoms with E-state index in [-0.39, 0.29) is 17.4 Å². The van der Waals surface area contributed by atoms with Gasteiger partial charge in [-0.05, 0) is 61.4 Å². The van der Waals surface area contributed by atoms with Crippen molar-refractivity contribution < 1.29 is 9.53 Å². The van der Waals surface area contributed by atoms with E-state index in [0.29, 0.717) is 6.61 Å². The molecule has 4 rings (SSSR count). The number of hydrogen-bond acceptors (Lipinski definition) is 3. The molecular weight excluding hydrogens is 324 g/mol. The molecule has 1 unspecified atom stereocenters. The Morgan fingerprint density at radius 1 is 1.31 bits per heavy atom. The monoisotopic (exact) mass is 354 g/mol. The zero-order valence-electron chi connectivity index (χ0n) is 16.4. The topological polar surface area (TPSA) is 54.1 Å². The number of ether oxygens (including phenoxy) is 1. The van der Waals surface area contributed by atoms with Crippen molar-refractivity contribution in [2.24, 2.45) is 5.41 Å². The first-order valence-electron chi connectivity index (χ1n) is 9.92. The average Bonchev–Trinajstić information content (AvgIpc) is 2.92. The smallest absolute Gasteiger partial charge is 0.314 e. The summed E-state index contributed by atoms with van der Waals surface area (Å²) in [4.78, 5) is 16.4. The Morgan fingerprint density at radius 2 is 2.08 bits per heavy atom. The fraction of sp³-hybridized carbons (Fsp3) is 0.591. The maximum Gasteiger partial charge on any atom is 0.314 e. The molecule has 0 radical (unpaired) electrons. The van der Waals surface area contributed by atoms with Crippen LogP contribution < -0.4 is 5.32 Å². The van der Waals surface area contributed by atoms with E-state index in [1.165, 1.54) is 27.7 Å². The first-order chi connectivity index (χ1) is 12.4. The van der Waals surface area contributed by atoms with Gasteiger partial charge in [0.05, 0.1) is 18.1 Å². The number of benzene rings is 1. The molecule has 2 aliphatic rings. The van der Waals surface area contributed by atoms with Crippen LogP contribution in [0.2, 0.25) is 0 Å². The molecule has 0 saturated heterocycles. The zero-order valence-corrected chi connectivity index (χ0v) is 16.4. The lowest BCUT2D eigenvalue weighted by Crippen LogP contribution is -2.51. The highest BCUT2D eigenvalue weighted by atomic mass is 16.5. The van der Waals surface area contributed by atoms with Gasteiger partial charge in [-0.3, -0.25) is 4.79 Å². The van der Waals surface area contributed by atoms with Crippen molar-refractivity contribution >= 4 is 16.9 Å². The summed E-state index contributed by atoms with van der Waals surface area (Å²) in [6.07, 6.45) is 3.91. The summed E-state index contributed by atoms with van der Waals surface area (Å²) in [5.41, 5.74) is 4.83. The molecule has 1 aliphatic carbocycles. The van der Waals surface area contributed by atoms with Crippen LogP contribution in [0, 0.1) is 5.41 Å². The summed E-state index contributed by atoms with van der Waals surface area (Å²) >= 11 is 0. The molecule has 0 amide bonds. The lowest BCUT2D eigenvalue weighted by Gasteiger charge is -2.46. The Hall–Kier alpha value is -1.81. The molecule has 0 spiro atoms. The second-order valence-electron chi connectivity index (χ2n) is 8.89. The van der Waals surface area contributed by atoms with E-state index in [0.717, 1.165) is 32.2 Å². The molecule has 4 heteroatoms. The number of hydrogen-bond donors (Lipinski definition) is 2. The maximum absolute atomic E-state index is 12.8. The SMILES string of the molecule is CCOC(=O)C1(C2NCCc3c2[nH]c2ccc(C(C)(C)C)cc32)CCC1. The van der Waals surface area contributed by atoms with E-state index in [1.807, 2.05) is 6.92 Å². The highest BCUT2D eigenvalue weighted by Crippen LogP contribution is 2.53. The molecule has 1 aliphatic heterocycles. The van der Waals surface area contributed by atoms with Gasteiger partial charge < -0.3 is 15.0 Å². The fourth-order valence-electron chi connectivity index (χ4n) is 4.61. The molecule has 4 nitrogen and oxygen atoms in total. The van der Waals surface area contributed by atoms with Crippen molar-refractivity contribution in [3.05, 3.63) is 35.0 Å². The van der Waals surface area contributed by atoms with Gasteiger partial charge >= 0.3 is 5.97 Å². The van der Waals surface area contributed by atoms with Gasteiger partial charge in [-0.2, -0.15) is 0 Å². The summed E-state index contributed by atoms with van der Waals surface area (Å²) in [6, 6.07) is 6.79. The van der Waals surface area contributed by atoms with E-state index in [2.05, 4.69) is 49.3 Å². The molecule has 0 bridgehead atoms. The molecule has 2 heterocycles. The molecular formula is C22H30N2O2. The quantitative estimate of drug-likeness (QED) is 0.804. The second-order valence-corrected chi connectivity index (χ2v) is 8.89. The number of carbonyl (C=O) groups is 1. The number of aromatic nitrogens is 1. The summed E-state index contributed by atoms with van der Waals surface area (Å²) < 4.78 is 5.46. The number of rotatable bonds is 3. The van der Waals surface area contributed by atoms with Gasteiger partial charge in [-0.15, -0.1) is 0 Å². The number of nitrogens with one attached hydrogen (secondary N) is 2. The molecule has 1 aromatic heterocycles. The van der Waals surface area contributed by atoms with Crippen LogP contribution in [0.5, 0.6) is 0 Å². The van der Waals surface area contributed by atoms with E-state index < -0.39 is 5.41 Å². The van der Waals surface area contributed by atoms with Gasteiger partial charge in [-0.1, -0.05) is 33.3 Å². The van der Waals surface area contributed by atoms with Crippen LogP contribution in [0.3, 0.4) is 0 Å². The van der Waals surface area contributed by atoms with Crippen molar-refractivity contribution in [3.8, 4) is 0 Å². The molecule has 2 N–H and O–H groups in total. The van der Waals surface area contributed by atoms with Gasteiger partial charge in [0, 0.05) is 16.6 Å². The van der Waals surface area contributed by atoms with Crippen LogP contribution in [0.4, 0.5) is 0 Å². The van der Waals surface area contributed by atoms with Crippen molar-refractivity contribution in [2.75, 3.05) is 13.2 Å². The molecule has 140 valence electrons. The fourth-order valence-corrected chi connectivity index (χ4v) is 4.61. The minimum atomic E-state index is -0.404. The molecule has 2 aromatic rings. The maximum atomic E-state index is 12.8. The predicted octanol–water partition coefficient (Wildman–Crippen LogP) is 4.39. The summed E-state index contributed by atoms with van der Waals surface area (Å²) in [5.74, 6) is -0.0364. The lowest BCUT2D eigenvalue weighted by molar-refractivity contribution is -0.164. The Kier molecular flexibility index (Phi) is 4.14. The number of carbonyl (C=O) groups excluding carboxylic acids is 1. The van der Waals surface area contributed by atoms with Crippen LogP contribution in [-0.2, 0) is 21.4 Å². The molecule has 1 saturated carbocycles. The van der Waals surface area contributed by atoms with E-state index in [4.69, 9.17) is 4.74 Å². The number of aromatic amines is 1. The molecule has 1 aromatic carbocycles. The van der Waals surface area contributed by atoms with Gasteiger partial charge in [0.1, 0.15) is 0 Å². The van der Waals surface area contributed by atoms with Crippen molar-refractivity contribution in [3.63, 3.8) is 0 Å². The number of esters is 1. The number of H-pyrrole nitrogens is 1. The highest BCUT2D eigenvalue weighted by molar-refractivity contribution is 5.87. The summed E-state index contributed by atoms with van der Waals surface area (Å²) in [6.45, 7) is 10.00. The van der Waals surface area contributed by atoms with Crippen molar-refractivity contribution in [1.82, 2.24) is 10.3 Å². The standard InChI is InChI=1S/C22H30N2O2/c1-5-26-20(25)22(10-6-11-22)19-18-15(9-12-23-19)16-13-14(21(2,3)4)7-8-17(16)24-18/h7-8,13,19,23-24H,5-6,9-12H2,1-4H3. The largest absolute Gasteiger partial charge is 0.466 e. The Labute approximate surface area is 155 Å². The zero-order chi connectivity index (χ0) is 18.5. The van der Waals surface area contributed by atoms with E-state index in [9.17, 15) is 4.79 Å². The third kappa shape index (κ3) is 2.58. The third-order valence-corrected chi connectivity index (χ3v) is 6.30. The molecule has 1 atom stereocenters. The molecule has 1 fully saturated rings. The summed E-state index contributed by atoms with van der Waals surface area (Å²) in [7, 11) is 0. The number of fused-ring (bicyclic) bond motifs is 3. The Bertz CT molecular complexity index is 840. The van der Waals surface area contributed by atoms with Crippen LogP contribution in [0.15, 0.2) is 18.2 Å². The third-order valence-electron chi connectivity index (χ3n) is 6.30. The van der Waals surface area contributed by atoms with Crippen molar-refractivity contribution in [1.29, 1.82) is 0 Å². The van der Waals surface area contributed by atoms with E-state index >= 15 is 0 Å². The normalized spacial score (nSPS) is 21.9. The van der Waals surface area contributed by atoms with Crippen LogP contribution in [0.25, 0.3) is 10.9 Å². The van der Waals surface area contributed by atoms with Gasteiger partial charge in [0.2, 0.25) is 0 Å². The first-order valence-corrected chi connectivity index (χ1v) is 9.92. The van der Waals surface area contributed by atoms with Crippen LogP contribution >= 0.6 is 0 Å². The van der Waals surface area contributed by atoms with Crippen LogP contribution in [0.1, 0.15) is 69.8 Å². The van der Waals surface area contributed by atoms with Crippen molar-refractivity contribution in [2.45, 2.75) is 64.8 Å². The lowest BCUT2D eigenvalue weighted by atomic mass is 9.62. The van der Waals surface area contributed by atoms with E-state index in [1.54, 1.807) is 0 Å². The predicted molar refractivity (Wildman–Crippen MR) is 104 cm³/mol. The minimum Gasteiger partial charge on any atom is -0.466 e.